The molecule has 1 aromatic rings. The lowest BCUT2D eigenvalue weighted by Gasteiger charge is -2.32. The molecule has 7 nitrogen and oxygen atoms in total. The molecule has 2 rings (SSSR count). The van der Waals surface area contributed by atoms with E-state index in [0.717, 1.165) is 0 Å². The monoisotopic (exact) mass is 291 g/mol. The molecular formula is C14H17N3O4. The SMILES string of the molecule is CC(=O)NC1CCN(C(=O)c2ccc(C(=O)O)nc2)CC1. The Hall–Kier alpha value is -2.44. The van der Waals surface area contributed by atoms with Gasteiger partial charge in [-0.3, -0.25) is 9.59 Å². The van der Waals surface area contributed by atoms with Crippen molar-refractivity contribution in [1.29, 1.82) is 0 Å². The van der Waals surface area contributed by atoms with Gasteiger partial charge in [-0.1, -0.05) is 0 Å². The highest BCUT2D eigenvalue weighted by molar-refractivity contribution is 5.95. The summed E-state index contributed by atoms with van der Waals surface area (Å²) in [4.78, 5) is 39.4. The highest BCUT2D eigenvalue weighted by Crippen LogP contribution is 2.14. The molecule has 0 aromatic carbocycles. The number of likely N-dealkylation sites (tertiary alicyclic amines) is 1. The molecule has 2 N–H and O–H groups in total. The number of carboxylic acid groups (broad SMARTS) is 1. The quantitative estimate of drug-likeness (QED) is 0.845. The Labute approximate surface area is 122 Å². The fraction of sp³-hybridized carbons (Fsp3) is 0.429. The van der Waals surface area contributed by atoms with Crippen LogP contribution in [0.3, 0.4) is 0 Å². The number of nitrogens with one attached hydrogen (secondary N) is 1. The normalized spacial score (nSPS) is 15.6. The maximum absolute atomic E-state index is 12.3. The summed E-state index contributed by atoms with van der Waals surface area (Å²) in [5.74, 6) is -1.35. The highest BCUT2D eigenvalue weighted by Gasteiger charge is 2.24. The molecule has 0 bridgehead atoms. The van der Waals surface area contributed by atoms with Crippen LogP contribution in [0.25, 0.3) is 0 Å². The molecule has 1 aliphatic heterocycles. The second kappa shape index (κ2) is 6.34. The standard InChI is InChI=1S/C14H17N3O4/c1-9(18)16-11-4-6-17(7-5-11)13(19)10-2-3-12(14(20)21)15-8-10/h2-3,8,11H,4-7H2,1H3,(H,16,18)(H,20,21). The summed E-state index contributed by atoms with van der Waals surface area (Å²) in [6.45, 7) is 2.60. The number of carbonyl (C=O) groups is 3. The topological polar surface area (TPSA) is 99.6 Å². The van der Waals surface area contributed by atoms with Gasteiger partial charge in [0.15, 0.2) is 0 Å². The zero-order valence-electron chi connectivity index (χ0n) is 11.7. The van der Waals surface area contributed by atoms with Gasteiger partial charge in [-0.2, -0.15) is 0 Å². The van der Waals surface area contributed by atoms with Gasteiger partial charge in [0, 0.05) is 32.3 Å². The maximum Gasteiger partial charge on any atom is 0.354 e. The van der Waals surface area contributed by atoms with E-state index in [1.807, 2.05) is 0 Å². The lowest BCUT2D eigenvalue weighted by Crippen LogP contribution is -2.46. The summed E-state index contributed by atoms with van der Waals surface area (Å²) < 4.78 is 0. The van der Waals surface area contributed by atoms with Gasteiger partial charge in [-0.15, -0.1) is 0 Å². The number of amides is 2. The van der Waals surface area contributed by atoms with Crippen LogP contribution >= 0.6 is 0 Å². The minimum absolute atomic E-state index is 0.0618. The Kier molecular flexibility index (Phi) is 4.52. The number of hydrogen-bond donors (Lipinski definition) is 2. The number of aromatic carboxylic acids is 1. The molecule has 0 saturated carbocycles. The summed E-state index contributed by atoms with van der Waals surface area (Å²) in [6, 6.07) is 2.90. The van der Waals surface area contributed by atoms with Gasteiger partial charge in [0.05, 0.1) is 5.56 Å². The van der Waals surface area contributed by atoms with Crippen LogP contribution in [0, 0.1) is 0 Å². The van der Waals surface area contributed by atoms with Crippen molar-refractivity contribution in [3.05, 3.63) is 29.6 Å². The van der Waals surface area contributed by atoms with Crippen molar-refractivity contribution in [2.24, 2.45) is 0 Å². The number of carboxylic acids is 1. The number of piperidine rings is 1. The van der Waals surface area contributed by atoms with Crippen molar-refractivity contribution in [2.45, 2.75) is 25.8 Å². The molecule has 0 atom stereocenters. The second-order valence-corrected chi connectivity index (χ2v) is 5.00. The Morgan fingerprint density at radius 1 is 1.29 bits per heavy atom. The molecule has 0 radical (unpaired) electrons. The van der Waals surface area contributed by atoms with E-state index in [1.54, 1.807) is 4.90 Å². The lowest BCUT2D eigenvalue weighted by molar-refractivity contribution is -0.119. The zero-order chi connectivity index (χ0) is 15.4. The first-order valence-corrected chi connectivity index (χ1v) is 6.73. The third-order valence-corrected chi connectivity index (χ3v) is 3.42. The molecule has 1 aromatic heterocycles. The van der Waals surface area contributed by atoms with Crippen LogP contribution in [0.5, 0.6) is 0 Å². The van der Waals surface area contributed by atoms with E-state index in [9.17, 15) is 14.4 Å². The number of carbonyl (C=O) groups excluding carboxylic acids is 2. The molecule has 1 saturated heterocycles. The predicted molar refractivity (Wildman–Crippen MR) is 73.9 cm³/mol. The number of nitrogens with zero attached hydrogens (tertiary/aromatic N) is 2. The number of hydrogen-bond acceptors (Lipinski definition) is 4. The van der Waals surface area contributed by atoms with Crippen LogP contribution in [0.1, 0.15) is 40.6 Å². The third-order valence-electron chi connectivity index (χ3n) is 3.42. The van der Waals surface area contributed by atoms with E-state index in [2.05, 4.69) is 10.3 Å². The molecule has 7 heteroatoms. The molecule has 2 amide bonds. The Balaban J connectivity index is 1.95. The number of rotatable bonds is 3. The van der Waals surface area contributed by atoms with E-state index in [4.69, 9.17) is 5.11 Å². The largest absolute Gasteiger partial charge is 0.477 e. The van der Waals surface area contributed by atoms with E-state index < -0.39 is 5.97 Å². The molecule has 21 heavy (non-hydrogen) atoms. The van der Waals surface area contributed by atoms with Crippen LogP contribution in [-0.4, -0.2) is 51.9 Å². The van der Waals surface area contributed by atoms with Gasteiger partial charge in [0.25, 0.3) is 5.91 Å². The lowest BCUT2D eigenvalue weighted by atomic mass is 10.0. The van der Waals surface area contributed by atoms with Crippen LogP contribution in [0.4, 0.5) is 0 Å². The maximum atomic E-state index is 12.3. The van der Waals surface area contributed by atoms with Crippen molar-refractivity contribution in [3.8, 4) is 0 Å². The summed E-state index contributed by atoms with van der Waals surface area (Å²) >= 11 is 0. The smallest absolute Gasteiger partial charge is 0.354 e. The van der Waals surface area contributed by atoms with Gasteiger partial charge < -0.3 is 15.3 Å². The van der Waals surface area contributed by atoms with E-state index in [1.165, 1.54) is 25.3 Å². The van der Waals surface area contributed by atoms with Crippen molar-refractivity contribution in [2.75, 3.05) is 13.1 Å². The van der Waals surface area contributed by atoms with Crippen molar-refractivity contribution in [1.82, 2.24) is 15.2 Å². The van der Waals surface area contributed by atoms with Crippen molar-refractivity contribution >= 4 is 17.8 Å². The molecule has 0 spiro atoms. The molecule has 1 fully saturated rings. The Bertz CT molecular complexity index is 548. The summed E-state index contributed by atoms with van der Waals surface area (Å²) in [5, 5.41) is 11.6. The average molecular weight is 291 g/mol. The van der Waals surface area contributed by atoms with Gasteiger partial charge in [0.1, 0.15) is 5.69 Å². The first-order chi connectivity index (χ1) is 9.97. The van der Waals surface area contributed by atoms with Crippen LogP contribution in [-0.2, 0) is 4.79 Å². The second-order valence-electron chi connectivity index (χ2n) is 5.00. The van der Waals surface area contributed by atoms with Crippen LogP contribution in [0.2, 0.25) is 0 Å². The summed E-state index contributed by atoms with van der Waals surface area (Å²) in [5.41, 5.74) is 0.286. The first-order valence-electron chi connectivity index (χ1n) is 6.73. The Morgan fingerprint density at radius 3 is 2.43 bits per heavy atom. The van der Waals surface area contributed by atoms with Gasteiger partial charge in [-0.25, -0.2) is 9.78 Å². The molecule has 2 heterocycles. The molecule has 1 aliphatic rings. The molecule has 0 aliphatic carbocycles. The third kappa shape index (κ3) is 3.77. The predicted octanol–water partition coefficient (Wildman–Crippen LogP) is 0.520. The van der Waals surface area contributed by atoms with Crippen LogP contribution in [0.15, 0.2) is 18.3 Å². The highest BCUT2D eigenvalue weighted by atomic mass is 16.4. The summed E-state index contributed by atoms with van der Waals surface area (Å²) in [7, 11) is 0. The van der Waals surface area contributed by atoms with E-state index in [0.29, 0.717) is 31.5 Å². The Morgan fingerprint density at radius 2 is 1.95 bits per heavy atom. The van der Waals surface area contributed by atoms with Crippen molar-refractivity contribution in [3.63, 3.8) is 0 Å². The number of aromatic nitrogens is 1. The van der Waals surface area contributed by atoms with Crippen LogP contribution < -0.4 is 5.32 Å². The van der Waals surface area contributed by atoms with Crippen molar-refractivity contribution < 1.29 is 19.5 Å². The fourth-order valence-corrected chi connectivity index (χ4v) is 2.34. The summed E-state index contributed by atoms with van der Waals surface area (Å²) in [6.07, 6.45) is 2.71. The first kappa shape index (κ1) is 15.0. The number of pyridine rings is 1. The molecular weight excluding hydrogens is 274 g/mol. The molecule has 112 valence electrons. The molecule has 0 unspecified atom stereocenters. The zero-order valence-corrected chi connectivity index (χ0v) is 11.7. The van der Waals surface area contributed by atoms with E-state index >= 15 is 0 Å². The van der Waals surface area contributed by atoms with E-state index in [-0.39, 0.29) is 23.6 Å². The minimum atomic E-state index is -1.12. The minimum Gasteiger partial charge on any atom is -0.477 e. The van der Waals surface area contributed by atoms with Gasteiger partial charge >= 0.3 is 5.97 Å². The van der Waals surface area contributed by atoms with Gasteiger partial charge in [-0.05, 0) is 25.0 Å². The van der Waals surface area contributed by atoms with Gasteiger partial charge in [0.2, 0.25) is 5.91 Å². The average Bonchev–Trinajstić information content (AvgIpc) is 2.47. The fourth-order valence-electron chi connectivity index (χ4n) is 2.34.